The molecular formula is C13H10Cl2FNO2S. The molecule has 0 bridgehead atoms. The fourth-order valence-electron chi connectivity index (χ4n) is 1.52. The minimum absolute atomic E-state index is 0.0486. The van der Waals surface area contributed by atoms with E-state index in [-0.39, 0.29) is 15.6 Å². The SMILES string of the molecule is Cc1ccc(S(=O)(=O)Nc2cc(Cl)ccc2F)cc1Cl. The smallest absolute Gasteiger partial charge is 0.262 e. The van der Waals surface area contributed by atoms with Crippen LogP contribution in [0.2, 0.25) is 10.0 Å². The summed E-state index contributed by atoms with van der Waals surface area (Å²) in [6.07, 6.45) is 0. The van der Waals surface area contributed by atoms with E-state index >= 15 is 0 Å². The summed E-state index contributed by atoms with van der Waals surface area (Å²) in [5.41, 5.74) is 0.536. The summed E-state index contributed by atoms with van der Waals surface area (Å²) in [4.78, 5) is -0.0486. The molecule has 2 aromatic rings. The van der Waals surface area contributed by atoms with Gasteiger partial charge in [0.1, 0.15) is 5.82 Å². The maximum atomic E-state index is 13.5. The van der Waals surface area contributed by atoms with Crippen molar-refractivity contribution in [3.63, 3.8) is 0 Å². The molecular weight excluding hydrogens is 324 g/mol. The molecule has 3 nitrogen and oxygen atoms in total. The fraction of sp³-hybridized carbons (Fsp3) is 0.0769. The summed E-state index contributed by atoms with van der Waals surface area (Å²) in [5.74, 6) is -0.712. The van der Waals surface area contributed by atoms with Crippen molar-refractivity contribution in [3.8, 4) is 0 Å². The minimum atomic E-state index is -3.92. The number of anilines is 1. The van der Waals surface area contributed by atoms with Gasteiger partial charge in [0, 0.05) is 10.0 Å². The topological polar surface area (TPSA) is 46.2 Å². The first kappa shape index (κ1) is 15.1. The molecule has 7 heteroatoms. The average Bonchev–Trinajstić information content (AvgIpc) is 2.36. The number of nitrogens with one attached hydrogen (secondary N) is 1. The van der Waals surface area contributed by atoms with Gasteiger partial charge >= 0.3 is 0 Å². The molecule has 0 aromatic heterocycles. The van der Waals surface area contributed by atoms with Gasteiger partial charge in [-0.1, -0.05) is 29.3 Å². The first-order valence-corrected chi connectivity index (χ1v) is 7.77. The van der Waals surface area contributed by atoms with E-state index in [0.717, 1.165) is 11.6 Å². The predicted octanol–water partition coefficient (Wildman–Crippen LogP) is 4.24. The van der Waals surface area contributed by atoms with E-state index < -0.39 is 15.8 Å². The zero-order chi connectivity index (χ0) is 14.9. The van der Waals surface area contributed by atoms with Crippen LogP contribution in [0.3, 0.4) is 0 Å². The average molecular weight is 334 g/mol. The Balaban J connectivity index is 2.40. The highest BCUT2D eigenvalue weighted by atomic mass is 35.5. The van der Waals surface area contributed by atoms with Crippen molar-refractivity contribution in [3.05, 3.63) is 57.8 Å². The van der Waals surface area contributed by atoms with E-state index in [0.29, 0.717) is 5.02 Å². The van der Waals surface area contributed by atoms with Crippen molar-refractivity contribution in [1.29, 1.82) is 0 Å². The zero-order valence-corrected chi connectivity index (χ0v) is 12.7. The Morgan fingerprint density at radius 1 is 1.10 bits per heavy atom. The molecule has 2 aromatic carbocycles. The molecule has 0 amide bonds. The van der Waals surface area contributed by atoms with Crippen molar-refractivity contribution in [1.82, 2.24) is 0 Å². The first-order chi connectivity index (χ1) is 9.29. The molecule has 0 unspecified atom stereocenters. The Morgan fingerprint density at radius 2 is 1.80 bits per heavy atom. The molecule has 0 heterocycles. The minimum Gasteiger partial charge on any atom is -0.277 e. The van der Waals surface area contributed by atoms with Crippen molar-refractivity contribution in [2.24, 2.45) is 0 Å². The number of aryl methyl sites for hydroxylation is 1. The molecule has 1 N–H and O–H groups in total. The summed E-state index contributed by atoms with van der Waals surface area (Å²) in [7, 11) is -3.92. The Bertz CT molecular complexity index is 763. The second kappa shape index (κ2) is 5.60. The van der Waals surface area contributed by atoms with Crippen LogP contribution in [0.1, 0.15) is 5.56 Å². The molecule has 0 aliphatic carbocycles. The summed E-state index contributed by atoms with van der Waals surface area (Å²) < 4.78 is 40.0. The van der Waals surface area contributed by atoms with Crippen LogP contribution in [0.25, 0.3) is 0 Å². The molecule has 0 atom stereocenters. The number of sulfonamides is 1. The summed E-state index contributed by atoms with van der Waals surface area (Å²) >= 11 is 11.6. The second-order valence-electron chi connectivity index (χ2n) is 4.14. The summed E-state index contributed by atoms with van der Waals surface area (Å²) in [6.45, 7) is 1.75. The van der Waals surface area contributed by atoms with Crippen molar-refractivity contribution in [2.75, 3.05) is 4.72 Å². The van der Waals surface area contributed by atoms with Gasteiger partial charge in [-0.25, -0.2) is 12.8 Å². The highest BCUT2D eigenvalue weighted by Crippen LogP contribution is 2.25. The Morgan fingerprint density at radius 3 is 2.45 bits per heavy atom. The molecule has 0 radical (unpaired) electrons. The fourth-order valence-corrected chi connectivity index (χ4v) is 3.02. The quantitative estimate of drug-likeness (QED) is 0.912. The lowest BCUT2D eigenvalue weighted by molar-refractivity contribution is 0.598. The molecule has 0 aliphatic heterocycles. The lowest BCUT2D eigenvalue weighted by atomic mass is 10.2. The Hall–Kier alpha value is -1.30. The lowest BCUT2D eigenvalue weighted by Gasteiger charge is -2.10. The number of hydrogen-bond donors (Lipinski definition) is 1. The zero-order valence-electron chi connectivity index (χ0n) is 10.3. The van der Waals surface area contributed by atoms with Crippen LogP contribution in [-0.2, 0) is 10.0 Å². The third kappa shape index (κ3) is 3.23. The largest absolute Gasteiger partial charge is 0.277 e. The van der Waals surface area contributed by atoms with Crippen LogP contribution < -0.4 is 4.72 Å². The normalized spacial score (nSPS) is 11.4. The predicted molar refractivity (Wildman–Crippen MR) is 78.4 cm³/mol. The van der Waals surface area contributed by atoms with E-state index in [1.54, 1.807) is 13.0 Å². The third-order valence-corrected chi connectivity index (χ3v) is 4.63. The summed E-state index contributed by atoms with van der Waals surface area (Å²) in [5, 5.41) is 0.547. The van der Waals surface area contributed by atoms with Crippen LogP contribution in [-0.4, -0.2) is 8.42 Å². The van der Waals surface area contributed by atoms with Gasteiger partial charge in [-0.05, 0) is 42.8 Å². The van der Waals surface area contributed by atoms with Gasteiger partial charge in [0.25, 0.3) is 10.0 Å². The van der Waals surface area contributed by atoms with Crippen molar-refractivity contribution >= 4 is 38.9 Å². The highest BCUT2D eigenvalue weighted by molar-refractivity contribution is 7.92. The first-order valence-electron chi connectivity index (χ1n) is 5.53. The lowest BCUT2D eigenvalue weighted by Crippen LogP contribution is -2.14. The standard InChI is InChI=1S/C13H10Cl2FNO2S/c1-8-2-4-10(7-11(8)15)20(18,19)17-13-6-9(14)3-5-12(13)16/h2-7,17H,1H3. The highest BCUT2D eigenvalue weighted by Gasteiger charge is 2.17. The molecule has 0 aliphatic rings. The van der Waals surface area contributed by atoms with Crippen LogP contribution in [0.5, 0.6) is 0 Å². The van der Waals surface area contributed by atoms with E-state index in [4.69, 9.17) is 23.2 Å². The molecule has 106 valence electrons. The number of benzene rings is 2. The van der Waals surface area contributed by atoms with Crippen LogP contribution in [0, 0.1) is 12.7 Å². The van der Waals surface area contributed by atoms with E-state index in [9.17, 15) is 12.8 Å². The van der Waals surface area contributed by atoms with Gasteiger partial charge in [0.15, 0.2) is 0 Å². The van der Waals surface area contributed by atoms with Gasteiger partial charge in [0.2, 0.25) is 0 Å². The summed E-state index contributed by atoms with van der Waals surface area (Å²) in [6, 6.07) is 7.89. The molecule has 0 fully saturated rings. The van der Waals surface area contributed by atoms with Gasteiger partial charge in [-0.3, -0.25) is 4.72 Å². The number of halogens is 3. The second-order valence-corrected chi connectivity index (χ2v) is 6.67. The molecule has 2 rings (SSSR count). The van der Waals surface area contributed by atoms with E-state index in [1.807, 2.05) is 0 Å². The van der Waals surface area contributed by atoms with Crippen LogP contribution in [0.15, 0.2) is 41.3 Å². The van der Waals surface area contributed by atoms with Crippen LogP contribution >= 0.6 is 23.2 Å². The Labute approximate surface area is 126 Å². The molecule has 0 saturated carbocycles. The van der Waals surface area contributed by atoms with Crippen molar-refractivity contribution < 1.29 is 12.8 Å². The number of hydrogen-bond acceptors (Lipinski definition) is 2. The maximum Gasteiger partial charge on any atom is 0.262 e. The molecule has 0 spiro atoms. The van der Waals surface area contributed by atoms with Gasteiger partial charge in [-0.15, -0.1) is 0 Å². The maximum absolute atomic E-state index is 13.5. The van der Waals surface area contributed by atoms with Crippen molar-refractivity contribution in [2.45, 2.75) is 11.8 Å². The van der Waals surface area contributed by atoms with Gasteiger partial charge < -0.3 is 0 Å². The van der Waals surface area contributed by atoms with E-state index in [1.165, 1.54) is 24.3 Å². The van der Waals surface area contributed by atoms with Gasteiger partial charge in [0.05, 0.1) is 10.6 Å². The van der Waals surface area contributed by atoms with E-state index in [2.05, 4.69) is 4.72 Å². The Kier molecular flexibility index (Phi) is 4.22. The molecule has 0 saturated heterocycles. The van der Waals surface area contributed by atoms with Gasteiger partial charge in [-0.2, -0.15) is 0 Å². The number of rotatable bonds is 3. The van der Waals surface area contributed by atoms with Crippen LogP contribution in [0.4, 0.5) is 10.1 Å². The third-order valence-electron chi connectivity index (χ3n) is 2.63. The molecule has 20 heavy (non-hydrogen) atoms. The monoisotopic (exact) mass is 333 g/mol.